The summed E-state index contributed by atoms with van der Waals surface area (Å²) in [4.78, 5) is 11.4. The zero-order valence-corrected chi connectivity index (χ0v) is 10.7. The maximum Gasteiger partial charge on any atom is 0.220 e. The fraction of sp³-hybridized carbons (Fsp3) is 0.462. The van der Waals surface area contributed by atoms with E-state index in [0.717, 1.165) is 18.4 Å². The predicted molar refractivity (Wildman–Crippen MR) is 67.6 cm³/mol. The average Bonchev–Trinajstić information content (AvgIpc) is 2.31. The van der Waals surface area contributed by atoms with E-state index in [1.807, 2.05) is 6.07 Å². The predicted octanol–water partition coefficient (Wildman–Crippen LogP) is 3.16. The van der Waals surface area contributed by atoms with Crippen LogP contribution in [0.3, 0.4) is 0 Å². The summed E-state index contributed by atoms with van der Waals surface area (Å²) in [6.07, 6.45) is 2.10. The van der Waals surface area contributed by atoms with E-state index < -0.39 is 0 Å². The minimum Gasteiger partial charge on any atom is -0.352 e. The van der Waals surface area contributed by atoms with Gasteiger partial charge in [0.25, 0.3) is 0 Å². The smallest absolute Gasteiger partial charge is 0.220 e. The Kier molecular flexibility index (Phi) is 5.98. The number of carbonyl (C=O) groups is 1. The largest absolute Gasteiger partial charge is 0.352 e. The molecular weight excluding hydrogens is 241 g/mol. The molecule has 1 aromatic rings. The zero-order chi connectivity index (χ0) is 12.7. The molecule has 0 radical (unpaired) electrons. The second-order valence-electron chi connectivity index (χ2n) is 4.01. The molecule has 0 saturated heterocycles. The van der Waals surface area contributed by atoms with Gasteiger partial charge in [-0.3, -0.25) is 4.79 Å². The molecule has 0 aromatic heterocycles. The van der Waals surface area contributed by atoms with Crippen LogP contribution in [0, 0.1) is 12.7 Å². The lowest BCUT2D eigenvalue weighted by Crippen LogP contribution is -2.22. The Morgan fingerprint density at radius 2 is 2.18 bits per heavy atom. The van der Waals surface area contributed by atoms with Crippen molar-refractivity contribution in [3.8, 4) is 0 Å². The summed E-state index contributed by atoms with van der Waals surface area (Å²) in [6.45, 7) is 2.08. The Morgan fingerprint density at radius 3 is 2.82 bits per heavy atom. The zero-order valence-electron chi connectivity index (χ0n) is 9.93. The van der Waals surface area contributed by atoms with Gasteiger partial charge in [0.2, 0.25) is 5.91 Å². The van der Waals surface area contributed by atoms with Gasteiger partial charge in [-0.2, -0.15) is 0 Å². The number of nitrogens with one attached hydrogen (secondary N) is 1. The van der Waals surface area contributed by atoms with Gasteiger partial charge in [0.1, 0.15) is 5.82 Å². The standard InChI is InChI=1S/C13H17ClFNO/c1-10-5-6-11(8-12(10)15)9-16-13(17)4-2-3-7-14/h5-6,8H,2-4,7,9H2,1H3,(H,16,17). The maximum absolute atomic E-state index is 13.2. The van der Waals surface area contributed by atoms with Crippen molar-refractivity contribution in [1.82, 2.24) is 5.32 Å². The number of hydrogen-bond donors (Lipinski definition) is 1. The van der Waals surface area contributed by atoms with Gasteiger partial charge in [-0.05, 0) is 37.0 Å². The first kappa shape index (κ1) is 14.0. The summed E-state index contributed by atoms with van der Waals surface area (Å²) < 4.78 is 13.2. The first-order valence-corrected chi connectivity index (χ1v) is 6.24. The van der Waals surface area contributed by atoms with Gasteiger partial charge in [-0.1, -0.05) is 12.1 Å². The number of aryl methyl sites for hydroxylation is 1. The fourth-order valence-electron chi connectivity index (χ4n) is 1.42. The molecule has 2 nitrogen and oxygen atoms in total. The van der Waals surface area contributed by atoms with Crippen molar-refractivity contribution in [3.63, 3.8) is 0 Å². The third kappa shape index (κ3) is 5.18. The Hall–Kier alpha value is -1.09. The van der Waals surface area contributed by atoms with Crippen LogP contribution in [0.1, 0.15) is 30.4 Å². The molecule has 0 aliphatic rings. The Balaban J connectivity index is 2.34. The summed E-state index contributed by atoms with van der Waals surface area (Å²) in [5, 5.41) is 2.76. The summed E-state index contributed by atoms with van der Waals surface area (Å²) in [5.74, 6) is 0.325. The lowest BCUT2D eigenvalue weighted by molar-refractivity contribution is -0.121. The maximum atomic E-state index is 13.2. The number of rotatable bonds is 6. The molecule has 1 rings (SSSR count). The van der Waals surface area contributed by atoms with Gasteiger partial charge < -0.3 is 5.32 Å². The van der Waals surface area contributed by atoms with Gasteiger partial charge >= 0.3 is 0 Å². The molecule has 17 heavy (non-hydrogen) atoms. The second kappa shape index (κ2) is 7.28. The van der Waals surface area contributed by atoms with E-state index in [1.165, 1.54) is 6.07 Å². The molecule has 1 N–H and O–H groups in total. The van der Waals surface area contributed by atoms with E-state index in [2.05, 4.69) is 5.32 Å². The van der Waals surface area contributed by atoms with Crippen LogP contribution in [-0.2, 0) is 11.3 Å². The first-order valence-electron chi connectivity index (χ1n) is 5.71. The van der Waals surface area contributed by atoms with Crippen molar-refractivity contribution in [2.75, 3.05) is 5.88 Å². The van der Waals surface area contributed by atoms with Gasteiger partial charge in [-0.25, -0.2) is 4.39 Å². The number of carbonyl (C=O) groups excluding carboxylic acids is 1. The fourth-order valence-corrected chi connectivity index (χ4v) is 1.60. The normalized spacial score (nSPS) is 10.3. The van der Waals surface area contributed by atoms with Crippen LogP contribution in [0.25, 0.3) is 0 Å². The Labute approximate surface area is 106 Å². The lowest BCUT2D eigenvalue weighted by atomic mass is 10.1. The van der Waals surface area contributed by atoms with Crippen LogP contribution in [0.2, 0.25) is 0 Å². The second-order valence-corrected chi connectivity index (χ2v) is 4.38. The highest BCUT2D eigenvalue weighted by atomic mass is 35.5. The Bertz CT molecular complexity index is 382. The van der Waals surface area contributed by atoms with Gasteiger partial charge in [0.05, 0.1) is 0 Å². The summed E-state index contributed by atoms with van der Waals surface area (Å²) in [7, 11) is 0. The monoisotopic (exact) mass is 257 g/mol. The van der Waals surface area contributed by atoms with Crippen molar-refractivity contribution in [2.24, 2.45) is 0 Å². The molecule has 0 unspecified atom stereocenters. The number of amides is 1. The van der Waals surface area contributed by atoms with E-state index in [9.17, 15) is 9.18 Å². The van der Waals surface area contributed by atoms with Crippen molar-refractivity contribution >= 4 is 17.5 Å². The summed E-state index contributed by atoms with van der Waals surface area (Å²) in [5.41, 5.74) is 1.39. The molecule has 0 atom stereocenters. The first-order chi connectivity index (χ1) is 8.13. The van der Waals surface area contributed by atoms with E-state index in [0.29, 0.717) is 24.4 Å². The van der Waals surface area contributed by atoms with Crippen molar-refractivity contribution < 1.29 is 9.18 Å². The quantitative estimate of drug-likeness (QED) is 0.616. The molecule has 0 saturated carbocycles. The number of unbranched alkanes of at least 4 members (excludes halogenated alkanes) is 1. The van der Waals surface area contributed by atoms with Crippen LogP contribution in [0.5, 0.6) is 0 Å². The molecule has 0 bridgehead atoms. The number of alkyl halides is 1. The van der Waals surface area contributed by atoms with Crippen LogP contribution in [-0.4, -0.2) is 11.8 Å². The average molecular weight is 258 g/mol. The van der Waals surface area contributed by atoms with Gasteiger partial charge in [0, 0.05) is 18.8 Å². The minimum atomic E-state index is -0.237. The number of hydrogen-bond acceptors (Lipinski definition) is 1. The highest BCUT2D eigenvalue weighted by Crippen LogP contribution is 2.09. The molecule has 0 aliphatic heterocycles. The molecule has 0 spiro atoms. The molecule has 4 heteroatoms. The number of halogens is 2. The lowest BCUT2D eigenvalue weighted by Gasteiger charge is -2.06. The molecule has 1 aromatic carbocycles. The van der Waals surface area contributed by atoms with Gasteiger partial charge in [-0.15, -0.1) is 11.6 Å². The van der Waals surface area contributed by atoms with Crippen molar-refractivity contribution in [3.05, 3.63) is 35.1 Å². The molecule has 0 aliphatic carbocycles. The molecular formula is C13H17ClFNO. The topological polar surface area (TPSA) is 29.1 Å². The van der Waals surface area contributed by atoms with E-state index in [-0.39, 0.29) is 11.7 Å². The molecule has 0 heterocycles. The molecule has 0 fully saturated rings. The number of benzene rings is 1. The molecule has 1 amide bonds. The van der Waals surface area contributed by atoms with Crippen LogP contribution >= 0.6 is 11.6 Å². The van der Waals surface area contributed by atoms with Gasteiger partial charge in [0.15, 0.2) is 0 Å². The van der Waals surface area contributed by atoms with Crippen molar-refractivity contribution in [2.45, 2.75) is 32.7 Å². The van der Waals surface area contributed by atoms with Crippen LogP contribution < -0.4 is 5.32 Å². The highest BCUT2D eigenvalue weighted by Gasteiger charge is 2.03. The van der Waals surface area contributed by atoms with Crippen molar-refractivity contribution in [1.29, 1.82) is 0 Å². The van der Waals surface area contributed by atoms with Crippen LogP contribution in [0.4, 0.5) is 4.39 Å². The Morgan fingerprint density at radius 1 is 1.41 bits per heavy atom. The van der Waals surface area contributed by atoms with Crippen LogP contribution in [0.15, 0.2) is 18.2 Å². The third-order valence-corrected chi connectivity index (χ3v) is 2.78. The SMILES string of the molecule is Cc1ccc(CNC(=O)CCCCCl)cc1F. The molecule has 94 valence electrons. The minimum absolute atomic E-state index is 0.0175. The van der Waals surface area contributed by atoms with E-state index in [1.54, 1.807) is 13.0 Å². The summed E-state index contributed by atoms with van der Waals surface area (Å²) >= 11 is 5.52. The van der Waals surface area contributed by atoms with E-state index in [4.69, 9.17) is 11.6 Å². The third-order valence-electron chi connectivity index (χ3n) is 2.51. The van der Waals surface area contributed by atoms with E-state index >= 15 is 0 Å². The highest BCUT2D eigenvalue weighted by molar-refractivity contribution is 6.17. The summed E-state index contributed by atoms with van der Waals surface area (Å²) in [6, 6.07) is 4.98.